The largest absolute Gasteiger partial charge is 0.377 e. The molecule has 2 aromatic rings. The van der Waals surface area contributed by atoms with Crippen molar-refractivity contribution in [2.45, 2.75) is 13.0 Å². The van der Waals surface area contributed by atoms with Gasteiger partial charge in [-0.05, 0) is 13.0 Å². The number of nitrogens with one attached hydrogen (secondary N) is 1. The summed E-state index contributed by atoms with van der Waals surface area (Å²) in [5.74, 6) is 5.97. The molecule has 0 aliphatic carbocycles. The van der Waals surface area contributed by atoms with Gasteiger partial charge in [0.1, 0.15) is 16.7 Å². The first-order valence-corrected chi connectivity index (χ1v) is 7.30. The highest BCUT2D eigenvalue weighted by molar-refractivity contribution is 7.18. The number of primary amides is 1. The van der Waals surface area contributed by atoms with E-state index in [1.807, 2.05) is 17.9 Å². The standard InChI is InChI=1S/C12H16N6O2S/c1-6-4-7-10(15-12(17-14)16-11(7)21-6)18-2-3-20-5-8(18)9(13)19/h4,8H,2-3,5,14H2,1H3,(H2,13,19)(H,15,16,17). The van der Waals surface area contributed by atoms with Crippen molar-refractivity contribution in [1.29, 1.82) is 0 Å². The minimum absolute atomic E-state index is 0.259. The van der Waals surface area contributed by atoms with Gasteiger partial charge in [-0.15, -0.1) is 11.3 Å². The van der Waals surface area contributed by atoms with E-state index in [-0.39, 0.29) is 6.61 Å². The maximum Gasteiger partial charge on any atom is 0.242 e. The van der Waals surface area contributed by atoms with E-state index >= 15 is 0 Å². The number of nitrogens with zero attached hydrogens (tertiary/aromatic N) is 3. The molecule has 0 radical (unpaired) electrons. The molecule has 3 heterocycles. The zero-order chi connectivity index (χ0) is 15.0. The fourth-order valence-corrected chi connectivity index (χ4v) is 3.28. The number of ether oxygens (including phenoxy) is 1. The molecular formula is C12H16N6O2S. The molecule has 1 fully saturated rings. The molecule has 0 bridgehead atoms. The lowest BCUT2D eigenvalue weighted by Crippen LogP contribution is -2.53. The Morgan fingerprint density at radius 3 is 3.10 bits per heavy atom. The van der Waals surface area contributed by atoms with Crippen molar-refractivity contribution in [3.8, 4) is 0 Å². The number of hydrazine groups is 1. The molecular weight excluding hydrogens is 292 g/mol. The van der Waals surface area contributed by atoms with Crippen LogP contribution in [0.5, 0.6) is 0 Å². The molecule has 0 aromatic carbocycles. The average molecular weight is 308 g/mol. The van der Waals surface area contributed by atoms with Crippen molar-refractivity contribution in [2.75, 3.05) is 30.1 Å². The van der Waals surface area contributed by atoms with Crippen LogP contribution in [0.3, 0.4) is 0 Å². The van der Waals surface area contributed by atoms with Gasteiger partial charge in [0, 0.05) is 11.4 Å². The summed E-state index contributed by atoms with van der Waals surface area (Å²) in [6.45, 7) is 3.31. The second-order valence-corrected chi connectivity index (χ2v) is 6.01. The third-order valence-electron chi connectivity index (χ3n) is 3.35. The number of hydrogen-bond acceptors (Lipinski definition) is 8. The third kappa shape index (κ3) is 2.50. The van der Waals surface area contributed by atoms with Crippen molar-refractivity contribution in [2.24, 2.45) is 11.6 Å². The van der Waals surface area contributed by atoms with E-state index in [0.29, 0.717) is 24.9 Å². The first-order valence-electron chi connectivity index (χ1n) is 6.48. The smallest absolute Gasteiger partial charge is 0.242 e. The lowest BCUT2D eigenvalue weighted by atomic mass is 10.2. The van der Waals surface area contributed by atoms with Crippen LogP contribution < -0.4 is 21.9 Å². The molecule has 21 heavy (non-hydrogen) atoms. The summed E-state index contributed by atoms with van der Waals surface area (Å²) < 4.78 is 5.35. The Morgan fingerprint density at radius 1 is 1.57 bits per heavy atom. The van der Waals surface area contributed by atoms with Gasteiger partial charge in [0.05, 0.1) is 18.6 Å². The maximum atomic E-state index is 11.7. The van der Waals surface area contributed by atoms with Gasteiger partial charge in [0.2, 0.25) is 11.9 Å². The van der Waals surface area contributed by atoms with Crippen LogP contribution in [-0.4, -0.2) is 41.7 Å². The summed E-state index contributed by atoms with van der Waals surface area (Å²) >= 11 is 1.55. The van der Waals surface area contributed by atoms with E-state index in [1.54, 1.807) is 11.3 Å². The number of fused-ring (bicyclic) bond motifs is 1. The normalized spacial score (nSPS) is 19.0. The van der Waals surface area contributed by atoms with Crippen LogP contribution in [-0.2, 0) is 9.53 Å². The maximum absolute atomic E-state index is 11.7. The van der Waals surface area contributed by atoms with Crippen molar-refractivity contribution < 1.29 is 9.53 Å². The van der Waals surface area contributed by atoms with Crippen LogP contribution in [0.25, 0.3) is 10.2 Å². The third-order valence-corrected chi connectivity index (χ3v) is 4.30. The topological polar surface area (TPSA) is 119 Å². The summed E-state index contributed by atoms with van der Waals surface area (Å²) in [6.07, 6.45) is 0. The molecule has 5 N–H and O–H groups in total. The number of nitrogen functional groups attached to an aromatic ring is 1. The van der Waals surface area contributed by atoms with E-state index in [1.165, 1.54) is 0 Å². The van der Waals surface area contributed by atoms with E-state index in [0.717, 1.165) is 15.1 Å². The molecule has 2 aromatic heterocycles. The van der Waals surface area contributed by atoms with Gasteiger partial charge in [-0.2, -0.15) is 4.98 Å². The highest BCUT2D eigenvalue weighted by Gasteiger charge is 2.30. The SMILES string of the molecule is Cc1cc2c(N3CCOCC3C(N)=O)nc(NN)nc2s1. The van der Waals surface area contributed by atoms with Gasteiger partial charge >= 0.3 is 0 Å². The first kappa shape index (κ1) is 14.0. The number of thiophene rings is 1. The number of morpholine rings is 1. The number of hydrogen-bond donors (Lipinski definition) is 3. The summed E-state index contributed by atoms with van der Waals surface area (Å²) in [7, 11) is 0. The predicted octanol–water partition coefficient (Wildman–Crippen LogP) is -0.0242. The van der Waals surface area contributed by atoms with Gasteiger partial charge in [-0.25, -0.2) is 10.8 Å². The highest BCUT2D eigenvalue weighted by Crippen LogP contribution is 2.33. The summed E-state index contributed by atoms with van der Waals surface area (Å²) in [4.78, 5) is 24.2. The summed E-state index contributed by atoms with van der Waals surface area (Å²) in [5, 5.41) is 0.893. The molecule has 0 saturated carbocycles. The number of aryl methyl sites for hydroxylation is 1. The monoisotopic (exact) mass is 308 g/mol. The number of rotatable bonds is 3. The molecule has 1 aliphatic heterocycles. The van der Waals surface area contributed by atoms with Gasteiger partial charge in [0.25, 0.3) is 0 Å². The number of amides is 1. The Labute approximate surface area is 125 Å². The molecule has 0 spiro atoms. The Balaban J connectivity index is 2.14. The Bertz CT molecular complexity index is 688. The molecule has 1 atom stereocenters. The van der Waals surface area contributed by atoms with Crippen molar-refractivity contribution in [1.82, 2.24) is 9.97 Å². The van der Waals surface area contributed by atoms with Crippen LogP contribution in [0.15, 0.2) is 6.07 Å². The number of carbonyl (C=O) groups excluding carboxylic acids is 1. The van der Waals surface area contributed by atoms with Crippen LogP contribution >= 0.6 is 11.3 Å². The Morgan fingerprint density at radius 2 is 2.38 bits per heavy atom. The summed E-state index contributed by atoms with van der Waals surface area (Å²) in [5.41, 5.74) is 7.94. The molecule has 3 rings (SSSR count). The number of anilines is 2. The highest BCUT2D eigenvalue weighted by atomic mass is 32.1. The molecule has 112 valence electrons. The zero-order valence-corrected chi connectivity index (χ0v) is 12.3. The first-order chi connectivity index (χ1) is 10.1. The van der Waals surface area contributed by atoms with Crippen LogP contribution in [0, 0.1) is 6.92 Å². The van der Waals surface area contributed by atoms with Gasteiger partial charge in [-0.1, -0.05) is 0 Å². The Kier molecular flexibility index (Phi) is 3.62. The average Bonchev–Trinajstić information content (AvgIpc) is 2.86. The second-order valence-electron chi connectivity index (χ2n) is 4.78. The molecule has 1 saturated heterocycles. The quantitative estimate of drug-likeness (QED) is 0.538. The number of carbonyl (C=O) groups is 1. The van der Waals surface area contributed by atoms with Gasteiger partial charge in [-0.3, -0.25) is 10.2 Å². The molecule has 1 unspecified atom stereocenters. The lowest BCUT2D eigenvalue weighted by Gasteiger charge is -2.34. The van der Waals surface area contributed by atoms with Crippen molar-refractivity contribution in [3.05, 3.63) is 10.9 Å². The zero-order valence-electron chi connectivity index (χ0n) is 11.5. The lowest BCUT2D eigenvalue weighted by molar-refractivity contribution is -0.121. The van der Waals surface area contributed by atoms with E-state index < -0.39 is 11.9 Å². The predicted molar refractivity (Wildman–Crippen MR) is 81.1 cm³/mol. The van der Waals surface area contributed by atoms with Gasteiger partial charge < -0.3 is 15.4 Å². The van der Waals surface area contributed by atoms with Gasteiger partial charge in [0.15, 0.2) is 0 Å². The molecule has 8 nitrogen and oxygen atoms in total. The van der Waals surface area contributed by atoms with Crippen molar-refractivity contribution in [3.63, 3.8) is 0 Å². The fraction of sp³-hybridized carbons (Fsp3) is 0.417. The van der Waals surface area contributed by atoms with Crippen LogP contribution in [0.4, 0.5) is 11.8 Å². The van der Waals surface area contributed by atoms with Crippen LogP contribution in [0.2, 0.25) is 0 Å². The minimum atomic E-state index is -0.539. The van der Waals surface area contributed by atoms with Crippen LogP contribution in [0.1, 0.15) is 4.88 Å². The molecule has 1 amide bonds. The summed E-state index contributed by atoms with van der Waals surface area (Å²) in [6, 6.07) is 1.46. The number of aromatic nitrogens is 2. The molecule has 9 heteroatoms. The Hall–Kier alpha value is -1.97. The van der Waals surface area contributed by atoms with E-state index in [9.17, 15) is 4.79 Å². The van der Waals surface area contributed by atoms with E-state index in [2.05, 4.69) is 15.4 Å². The number of nitrogens with two attached hydrogens (primary N) is 2. The van der Waals surface area contributed by atoms with Crippen molar-refractivity contribution >= 4 is 39.2 Å². The molecule has 1 aliphatic rings. The van der Waals surface area contributed by atoms with E-state index in [4.69, 9.17) is 16.3 Å². The minimum Gasteiger partial charge on any atom is -0.377 e. The fourth-order valence-electron chi connectivity index (χ4n) is 2.40. The second kappa shape index (κ2) is 5.43.